The van der Waals surface area contributed by atoms with Crippen LogP contribution in [0.1, 0.15) is 114 Å². The number of ether oxygens (including phenoxy) is 5. The molecular weight excluding hydrogens is 746 g/mol. The zero-order valence-corrected chi connectivity index (χ0v) is 36.5. The lowest BCUT2D eigenvalue weighted by Gasteiger charge is -2.34. The summed E-state index contributed by atoms with van der Waals surface area (Å²) in [7, 11) is 0. The van der Waals surface area contributed by atoms with Crippen molar-refractivity contribution in [2.24, 2.45) is 0 Å². The van der Waals surface area contributed by atoms with Gasteiger partial charge in [-0.3, -0.25) is 14.5 Å². The minimum Gasteiger partial charge on any atom is -0.459 e. The molecule has 5 atom stereocenters. The van der Waals surface area contributed by atoms with Crippen LogP contribution in [0.2, 0.25) is 0 Å². The lowest BCUT2D eigenvalue weighted by Crippen LogP contribution is -3.23. The molecule has 1 heterocycles. The van der Waals surface area contributed by atoms with Crippen molar-refractivity contribution in [2.45, 2.75) is 162 Å². The molecule has 3 rings (SSSR count). The summed E-state index contributed by atoms with van der Waals surface area (Å²) in [4.78, 5) is 85.2. The Morgan fingerprint density at radius 3 is 1.86 bits per heavy atom. The highest BCUT2D eigenvalue weighted by molar-refractivity contribution is 6.02. The van der Waals surface area contributed by atoms with Crippen molar-refractivity contribution >= 4 is 41.7 Å². The van der Waals surface area contributed by atoms with E-state index in [4.69, 9.17) is 23.7 Å². The molecular formula is C44H64N3O11+. The number of hydrogen-bond donors (Lipinski definition) is 2. The standard InChI is InChI=1S/C44H63N3O11/c1-28(35(38(51)56-42(5,6)7)45-39(52)57-43(8,9)10)54-37(50)33(25-23-29-19-15-14-16-20-29)47(40(53)58-44(11,12)13)32-26-24-30-21-17-18-22-31(30)46(36(32)49)27-34(48)55-41(2,3)4/h14-22,28,32-33,35H,23-27H2,1-13H3,(H,45,52)/p+1/t28-,32?,33?,35+/m1/s1. The van der Waals surface area contributed by atoms with E-state index in [1.165, 1.54) is 11.8 Å². The quantitative estimate of drug-likeness (QED) is 0.200. The van der Waals surface area contributed by atoms with E-state index in [0.29, 0.717) is 12.1 Å². The van der Waals surface area contributed by atoms with Crippen molar-refractivity contribution in [3.63, 3.8) is 0 Å². The van der Waals surface area contributed by atoms with Gasteiger partial charge in [-0.15, -0.1) is 0 Å². The second-order valence-electron chi connectivity index (χ2n) is 18.6. The Hall–Kier alpha value is -4.98. The van der Waals surface area contributed by atoms with Crippen LogP contribution < -0.4 is 15.1 Å². The van der Waals surface area contributed by atoms with E-state index in [1.54, 1.807) is 95.2 Å². The van der Waals surface area contributed by atoms with Crippen molar-refractivity contribution in [3.8, 4) is 0 Å². The predicted octanol–water partition coefficient (Wildman–Crippen LogP) is 5.66. The molecule has 0 spiro atoms. The number of quaternary nitrogens is 1. The van der Waals surface area contributed by atoms with E-state index in [9.17, 15) is 28.8 Å². The number of carbonyl (C=O) groups is 6. The minimum atomic E-state index is -1.52. The monoisotopic (exact) mass is 810 g/mol. The van der Waals surface area contributed by atoms with Crippen molar-refractivity contribution in [1.29, 1.82) is 0 Å². The Labute approximate surface area is 343 Å². The summed E-state index contributed by atoms with van der Waals surface area (Å²) in [6.45, 7) is 21.1. The first-order chi connectivity index (χ1) is 26.6. The van der Waals surface area contributed by atoms with Crippen LogP contribution in [-0.4, -0.2) is 89.2 Å². The molecule has 3 amide bonds. The zero-order valence-electron chi connectivity index (χ0n) is 36.5. The molecule has 14 heteroatoms. The number of fused-ring (bicyclic) bond motifs is 1. The molecule has 2 N–H and O–H groups in total. The van der Waals surface area contributed by atoms with Crippen molar-refractivity contribution < 1.29 is 57.4 Å². The van der Waals surface area contributed by atoms with Gasteiger partial charge in [-0.05, 0) is 120 Å². The second-order valence-corrected chi connectivity index (χ2v) is 18.6. The zero-order chi connectivity index (χ0) is 43.8. The van der Waals surface area contributed by atoms with Crippen LogP contribution in [0, 0.1) is 0 Å². The molecule has 0 fully saturated rings. The maximum Gasteiger partial charge on any atom is 0.516 e. The van der Waals surface area contributed by atoms with Crippen LogP contribution in [-0.2, 0) is 55.7 Å². The molecule has 0 saturated heterocycles. The Kier molecular flexibility index (Phi) is 15.7. The molecule has 2 aromatic rings. The number of anilines is 1. The number of nitrogens with one attached hydrogen (secondary N) is 2. The second kappa shape index (κ2) is 19.2. The topological polar surface area (TPSA) is 168 Å². The van der Waals surface area contributed by atoms with Gasteiger partial charge in [0, 0.05) is 18.5 Å². The summed E-state index contributed by atoms with van der Waals surface area (Å²) < 4.78 is 28.6. The fraction of sp³-hybridized carbons (Fsp3) is 0.591. The normalized spacial score (nSPS) is 17.0. The average Bonchev–Trinajstić information content (AvgIpc) is 3.18. The van der Waals surface area contributed by atoms with E-state index >= 15 is 0 Å². The summed E-state index contributed by atoms with van der Waals surface area (Å²) in [5.74, 6) is -3.07. The number of aryl methyl sites for hydroxylation is 2. The first-order valence-electron chi connectivity index (χ1n) is 19.8. The van der Waals surface area contributed by atoms with Gasteiger partial charge in [-0.2, -0.15) is 4.79 Å². The molecule has 0 radical (unpaired) electrons. The van der Waals surface area contributed by atoms with Gasteiger partial charge >= 0.3 is 30.1 Å². The maximum atomic E-state index is 14.9. The molecule has 0 bridgehead atoms. The number of rotatable bonds is 12. The largest absolute Gasteiger partial charge is 0.516 e. The van der Waals surface area contributed by atoms with E-state index in [-0.39, 0.29) is 24.2 Å². The number of esters is 3. The summed E-state index contributed by atoms with van der Waals surface area (Å²) in [5, 5.41) is 2.49. The van der Waals surface area contributed by atoms with Crippen LogP contribution in [0.3, 0.4) is 0 Å². The van der Waals surface area contributed by atoms with E-state index < -0.39 is 89.2 Å². The van der Waals surface area contributed by atoms with Gasteiger partial charge in [0.25, 0.3) is 5.91 Å². The highest BCUT2D eigenvalue weighted by Gasteiger charge is 2.50. The number of para-hydroxylation sites is 1. The number of alkyl carbamates (subject to hydrolysis) is 3. The highest BCUT2D eigenvalue weighted by atomic mass is 16.6. The van der Waals surface area contributed by atoms with Crippen LogP contribution in [0.4, 0.5) is 15.3 Å². The Morgan fingerprint density at radius 1 is 0.741 bits per heavy atom. The maximum absolute atomic E-state index is 14.9. The van der Waals surface area contributed by atoms with Crippen molar-refractivity contribution in [2.75, 3.05) is 11.4 Å². The molecule has 0 saturated carbocycles. The third kappa shape index (κ3) is 15.1. The molecule has 2 aromatic carbocycles. The van der Waals surface area contributed by atoms with E-state index in [1.807, 2.05) is 42.5 Å². The molecule has 320 valence electrons. The fourth-order valence-electron chi connectivity index (χ4n) is 6.39. The third-order valence-corrected chi connectivity index (χ3v) is 8.59. The molecule has 0 aliphatic carbocycles. The summed E-state index contributed by atoms with van der Waals surface area (Å²) in [6, 6.07) is 12.3. The van der Waals surface area contributed by atoms with Gasteiger partial charge in [0.1, 0.15) is 35.1 Å². The van der Waals surface area contributed by atoms with E-state index in [0.717, 1.165) is 11.1 Å². The van der Waals surface area contributed by atoms with Crippen LogP contribution in [0.25, 0.3) is 0 Å². The molecule has 58 heavy (non-hydrogen) atoms. The Bertz CT molecular complexity index is 1770. The number of carbonyl (C=O) groups excluding carboxylic acids is 6. The van der Waals surface area contributed by atoms with E-state index in [2.05, 4.69) is 5.32 Å². The van der Waals surface area contributed by atoms with Crippen molar-refractivity contribution in [1.82, 2.24) is 5.32 Å². The first kappa shape index (κ1) is 47.4. The van der Waals surface area contributed by atoms with Gasteiger partial charge in [0.2, 0.25) is 0 Å². The van der Waals surface area contributed by atoms with Gasteiger partial charge < -0.3 is 29.0 Å². The number of benzene rings is 2. The average molecular weight is 811 g/mol. The fourth-order valence-corrected chi connectivity index (χ4v) is 6.39. The van der Waals surface area contributed by atoms with Gasteiger partial charge in [0.05, 0.1) is 0 Å². The SMILES string of the molecule is C[C@@H](OC(=O)C(CCc1ccccc1)[NH+](C(=O)OC(C)(C)C)C1CCc2ccccc2N(CC(=O)OC(C)(C)C)C1=O)[C@H](NC(=O)OC(C)(C)C)C(=O)OC(C)(C)C. The summed E-state index contributed by atoms with van der Waals surface area (Å²) >= 11 is 0. The molecule has 1 aliphatic rings. The smallest absolute Gasteiger partial charge is 0.459 e. The Balaban J connectivity index is 2.16. The highest BCUT2D eigenvalue weighted by Crippen LogP contribution is 2.27. The summed E-state index contributed by atoms with van der Waals surface area (Å²) in [6.07, 6.45) is -2.46. The van der Waals surface area contributed by atoms with Gasteiger partial charge in [-0.1, -0.05) is 48.5 Å². The van der Waals surface area contributed by atoms with Crippen LogP contribution in [0.5, 0.6) is 0 Å². The molecule has 0 aromatic heterocycles. The molecule has 1 aliphatic heterocycles. The number of amides is 3. The third-order valence-electron chi connectivity index (χ3n) is 8.59. The first-order valence-corrected chi connectivity index (χ1v) is 19.8. The Morgan fingerprint density at radius 2 is 1.29 bits per heavy atom. The molecule has 3 unspecified atom stereocenters. The predicted molar refractivity (Wildman–Crippen MR) is 217 cm³/mol. The van der Waals surface area contributed by atoms with Gasteiger partial charge in [-0.25, -0.2) is 19.3 Å². The number of hydrogen-bond acceptors (Lipinski definition) is 11. The van der Waals surface area contributed by atoms with Crippen LogP contribution in [0.15, 0.2) is 54.6 Å². The van der Waals surface area contributed by atoms with Crippen LogP contribution >= 0.6 is 0 Å². The van der Waals surface area contributed by atoms with Crippen molar-refractivity contribution in [3.05, 3.63) is 65.7 Å². The lowest BCUT2D eigenvalue weighted by molar-refractivity contribution is -0.861. The minimum absolute atomic E-state index is 0.00351. The number of nitrogens with zero attached hydrogens (tertiary/aromatic N) is 1. The van der Waals surface area contributed by atoms with Gasteiger partial charge in [0.15, 0.2) is 18.1 Å². The summed E-state index contributed by atoms with van der Waals surface area (Å²) in [5.41, 5.74) is -1.66. The lowest BCUT2D eigenvalue weighted by atomic mass is 9.99. The molecule has 14 nitrogen and oxygen atoms in total.